The average molecular weight is 403 g/mol. The molecule has 0 bridgehead atoms. The Balaban J connectivity index is 1.93. The lowest BCUT2D eigenvalue weighted by atomic mass is 10.1. The Bertz CT molecular complexity index is 1120. The van der Waals surface area contributed by atoms with Gasteiger partial charge >= 0.3 is 0 Å². The third-order valence-corrected chi connectivity index (χ3v) is 7.29. The van der Waals surface area contributed by atoms with Gasteiger partial charge in [-0.3, -0.25) is 4.79 Å². The molecule has 0 radical (unpaired) electrons. The summed E-state index contributed by atoms with van der Waals surface area (Å²) in [5, 5.41) is 3.20. The number of carbonyl (C=O) groups is 1. The van der Waals surface area contributed by atoms with Crippen LogP contribution in [0.15, 0.2) is 46.7 Å². The molecule has 0 aliphatic carbocycles. The van der Waals surface area contributed by atoms with E-state index in [-0.39, 0.29) is 10.8 Å². The predicted molar refractivity (Wildman–Crippen MR) is 110 cm³/mol. The number of thiophene rings is 1. The minimum absolute atomic E-state index is 0.141. The minimum atomic E-state index is -3.63. The van der Waals surface area contributed by atoms with Crippen molar-refractivity contribution in [3.63, 3.8) is 0 Å². The van der Waals surface area contributed by atoms with Crippen molar-refractivity contribution in [3.05, 3.63) is 64.0 Å². The lowest BCUT2D eigenvalue weighted by Crippen LogP contribution is -2.27. The Morgan fingerprint density at radius 1 is 1.19 bits per heavy atom. The van der Waals surface area contributed by atoms with E-state index < -0.39 is 10.0 Å². The lowest BCUT2D eigenvalue weighted by Gasteiger charge is -2.19. The van der Waals surface area contributed by atoms with Crippen LogP contribution in [0.2, 0.25) is 0 Å². The molecular weight excluding hydrogens is 380 g/mol. The summed E-state index contributed by atoms with van der Waals surface area (Å²) in [5.74, 6) is -0.207. The highest BCUT2D eigenvalue weighted by Crippen LogP contribution is 2.27. The van der Waals surface area contributed by atoms with Crippen molar-refractivity contribution in [1.82, 2.24) is 9.62 Å². The van der Waals surface area contributed by atoms with E-state index in [1.54, 1.807) is 36.3 Å². The van der Waals surface area contributed by atoms with E-state index in [9.17, 15) is 13.2 Å². The number of sulfonamides is 1. The van der Waals surface area contributed by atoms with Gasteiger partial charge in [0.05, 0.1) is 4.90 Å². The van der Waals surface area contributed by atoms with Gasteiger partial charge in [0.2, 0.25) is 10.0 Å². The molecule has 27 heavy (non-hydrogen) atoms. The van der Waals surface area contributed by atoms with Gasteiger partial charge in [0.15, 0.2) is 0 Å². The monoisotopic (exact) mass is 402 g/mol. The van der Waals surface area contributed by atoms with Crippen molar-refractivity contribution in [2.45, 2.75) is 25.3 Å². The average Bonchev–Trinajstić information content (AvgIpc) is 3.06. The van der Waals surface area contributed by atoms with Crippen molar-refractivity contribution in [2.24, 2.45) is 0 Å². The van der Waals surface area contributed by atoms with Crippen LogP contribution in [-0.2, 0) is 16.6 Å². The number of hydrogen-bond donors (Lipinski definition) is 1. The van der Waals surface area contributed by atoms with Crippen molar-refractivity contribution in [2.75, 3.05) is 14.1 Å². The molecule has 0 unspecified atom stereocenters. The van der Waals surface area contributed by atoms with E-state index in [4.69, 9.17) is 0 Å². The Morgan fingerprint density at radius 3 is 2.59 bits per heavy atom. The summed E-state index contributed by atoms with van der Waals surface area (Å²) in [4.78, 5) is 14.7. The zero-order valence-corrected chi connectivity index (χ0v) is 17.4. The number of rotatable bonds is 5. The van der Waals surface area contributed by atoms with Gasteiger partial charge < -0.3 is 4.90 Å². The second kappa shape index (κ2) is 7.42. The molecule has 3 rings (SSSR count). The SMILES string of the molecule is CNS(=O)(=O)c1cc(C(=O)N(C)Cc2csc3ccccc23)cc(C)c1C. The number of benzene rings is 2. The molecule has 1 heterocycles. The van der Waals surface area contributed by atoms with Crippen LogP contribution in [0.4, 0.5) is 0 Å². The molecule has 1 aromatic heterocycles. The molecular formula is C20H22N2O3S2. The fourth-order valence-corrected chi connectivity index (χ4v) is 5.06. The number of amides is 1. The van der Waals surface area contributed by atoms with Crippen molar-refractivity contribution >= 4 is 37.4 Å². The van der Waals surface area contributed by atoms with Gasteiger partial charge in [0.1, 0.15) is 0 Å². The largest absolute Gasteiger partial charge is 0.337 e. The lowest BCUT2D eigenvalue weighted by molar-refractivity contribution is 0.0785. The van der Waals surface area contributed by atoms with Crippen LogP contribution in [0.5, 0.6) is 0 Å². The van der Waals surface area contributed by atoms with Crippen molar-refractivity contribution in [1.29, 1.82) is 0 Å². The second-order valence-electron chi connectivity index (χ2n) is 6.54. The van der Waals surface area contributed by atoms with Gasteiger partial charge in [0.25, 0.3) is 5.91 Å². The maximum absolute atomic E-state index is 13.0. The molecule has 1 N–H and O–H groups in total. The quantitative estimate of drug-likeness (QED) is 0.708. The van der Waals surface area contributed by atoms with Gasteiger partial charge in [-0.05, 0) is 66.6 Å². The molecule has 0 aliphatic rings. The highest BCUT2D eigenvalue weighted by Gasteiger charge is 2.21. The highest BCUT2D eigenvalue weighted by atomic mass is 32.2. The molecule has 142 valence electrons. The number of nitrogens with zero attached hydrogens (tertiary/aromatic N) is 1. The van der Waals surface area contributed by atoms with Crippen LogP contribution in [-0.4, -0.2) is 33.3 Å². The summed E-state index contributed by atoms with van der Waals surface area (Å²) in [6.07, 6.45) is 0. The summed E-state index contributed by atoms with van der Waals surface area (Å²) >= 11 is 1.65. The summed E-state index contributed by atoms with van der Waals surface area (Å²) < 4.78 is 28.1. The molecule has 0 atom stereocenters. The third kappa shape index (κ3) is 3.76. The number of carbonyl (C=O) groups excluding carboxylic acids is 1. The van der Waals surface area contributed by atoms with E-state index in [0.29, 0.717) is 17.7 Å². The van der Waals surface area contributed by atoms with E-state index in [1.165, 1.54) is 17.8 Å². The molecule has 2 aromatic carbocycles. The molecule has 5 nitrogen and oxygen atoms in total. The first kappa shape index (κ1) is 19.5. The van der Waals surface area contributed by atoms with E-state index in [2.05, 4.69) is 16.2 Å². The Kier molecular flexibility index (Phi) is 5.37. The Morgan fingerprint density at radius 2 is 1.89 bits per heavy atom. The van der Waals surface area contributed by atoms with Gasteiger partial charge in [-0.2, -0.15) is 0 Å². The van der Waals surface area contributed by atoms with Crippen LogP contribution < -0.4 is 4.72 Å². The zero-order chi connectivity index (χ0) is 19.8. The number of aryl methyl sites for hydroxylation is 1. The smallest absolute Gasteiger partial charge is 0.253 e. The van der Waals surface area contributed by atoms with E-state index >= 15 is 0 Å². The minimum Gasteiger partial charge on any atom is -0.337 e. The van der Waals surface area contributed by atoms with E-state index in [1.807, 2.05) is 25.1 Å². The molecule has 1 amide bonds. The second-order valence-corrected chi connectivity index (χ2v) is 9.31. The molecule has 0 spiro atoms. The molecule has 7 heteroatoms. The normalized spacial score (nSPS) is 11.7. The van der Waals surface area contributed by atoms with Gasteiger partial charge in [-0.1, -0.05) is 18.2 Å². The third-order valence-electron chi connectivity index (χ3n) is 4.74. The standard InChI is InChI=1S/C20H22N2O3S2/c1-13-9-15(10-19(14(13)2)27(24,25)21-3)20(23)22(4)11-16-12-26-18-8-6-5-7-17(16)18/h5-10,12,21H,11H2,1-4H3. The van der Waals surface area contributed by atoms with E-state index in [0.717, 1.165) is 16.5 Å². The van der Waals surface area contributed by atoms with Crippen LogP contribution in [0, 0.1) is 13.8 Å². The molecule has 0 fully saturated rings. The Hall–Kier alpha value is -2.22. The van der Waals surface area contributed by atoms with Crippen LogP contribution >= 0.6 is 11.3 Å². The first-order valence-electron chi connectivity index (χ1n) is 8.50. The number of fused-ring (bicyclic) bond motifs is 1. The number of nitrogens with one attached hydrogen (secondary N) is 1. The predicted octanol–water partition coefficient (Wildman–Crippen LogP) is 3.70. The summed E-state index contributed by atoms with van der Waals surface area (Å²) in [6.45, 7) is 4.02. The number of hydrogen-bond acceptors (Lipinski definition) is 4. The van der Waals surface area contributed by atoms with Gasteiger partial charge in [-0.25, -0.2) is 13.1 Å². The fraction of sp³-hybridized carbons (Fsp3) is 0.250. The summed E-state index contributed by atoms with van der Waals surface area (Å²) in [5.41, 5.74) is 2.86. The molecule has 3 aromatic rings. The maximum atomic E-state index is 13.0. The first-order valence-corrected chi connectivity index (χ1v) is 10.9. The summed E-state index contributed by atoms with van der Waals surface area (Å²) in [6, 6.07) is 11.3. The highest BCUT2D eigenvalue weighted by molar-refractivity contribution is 7.89. The van der Waals surface area contributed by atoms with Crippen molar-refractivity contribution in [3.8, 4) is 0 Å². The van der Waals surface area contributed by atoms with Crippen LogP contribution in [0.3, 0.4) is 0 Å². The van der Waals surface area contributed by atoms with Crippen LogP contribution in [0.1, 0.15) is 27.0 Å². The molecule has 0 saturated heterocycles. The van der Waals surface area contributed by atoms with Crippen LogP contribution in [0.25, 0.3) is 10.1 Å². The first-order chi connectivity index (χ1) is 12.7. The molecule has 0 saturated carbocycles. The van der Waals surface area contributed by atoms with Gasteiger partial charge in [0, 0.05) is 23.9 Å². The Labute approximate surface area is 163 Å². The summed E-state index contributed by atoms with van der Waals surface area (Å²) in [7, 11) is -0.531. The topological polar surface area (TPSA) is 66.5 Å². The maximum Gasteiger partial charge on any atom is 0.253 e. The fourth-order valence-electron chi connectivity index (χ4n) is 3.04. The van der Waals surface area contributed by atoms with Crippen molar-refractivity contribution < 1.29 is 13.2 Å². The van der Waals surface area contributed by atoms with Gasteiger partial charge in [-0.15, -0.1) is 11.3 Å². The zero-order valence-electron chi connectivity index (χ0n) is 15.7. The molecule has 0 aliphatic heterocycles.